The molecule has 0 aromatic heterocycles. The lowest BCUT2D eigenvalue weighted by Gasteiger charge is -2.42. The molecule has 0 aromatic carbocycles. The summed E-state index contributed by atoms with van der Waals surface area (Å²) in [6.07, 6.45) is 6.79. The zero-order chi connectivity index (χ0) is 12.3. The zero-order valence-corrected chi connectivity index (χ0v) is 12.4. The number of hydrogen-bond acceptors (Lipinski definition) is 2. The van der Waals surface area contributed by atoms with Gasteiger partial charge in [0.2, 0.25) is 5.91 Å². The van der Waals surface area contributed by atoms with Gasteiger partial charge in [-0.25, -0.2) is 0 Å². The van der Waals surface area contributed by atoms with Crippen molar-refractivity contribution in [1.29, 1.82) is 0 Å². The molecule has 2 aliphatic rings. The zero-order valence-electron chi connectivity index (χ0n) is 11.6. The van der Waals surface area contributed by atoms with Crippen molar-refractivity contribution in [3.8, 4) is 0 Å². The molecule has 2 rings (SSSR count). The lowest BCUT2D eigenvalue weighted by molar-refractivity contribution is -0.138. The maximum Gasteiger partial charge on any atom is 0.226 e. The van der Waals surface area contributed by atoms with Gasteiger partial charge < -0.3 is 10.6 Å². The van der Waals surface area contributed by atoms with Gasteiger partial charge in [-0.1, -0.05) is 20.3 Å². The molecule has 4 heteroatoms. The van der Waals surface area contributed by atoms with Gasteiger partial charge in [0.05, 0.1) is 0 Å². The van der Waals surface area contributed by atoms with Gasteiger partial charge in [-0.15, -0.1) is 12.4 Å². The predicted molar refractivity (Wildman–Crippen MR) is 77.0 cm³/mol. The van der Waals surface area contributed by atoms with Crippen LogP contribution in [0.15, 0.2) is 0 Å². The topological polar surface area (TPSA) is 41.1 Å². The van der Waals surface area contributed by atoms with Crippen molar-refractivity contribution in [1.82, 2.24) is 10.6 Å². The third-order valence-electron chi connectivity index (χ3n) is 4.22. The average Bonchev–Trinajstić information content (AvgIpc) is 2.24. The fraction of sp³-hybridized carbons (Fsp3) is 0.929. The van der Waals surface area contributed by atoms with Gasteiger partial charge in [0.25, 0.3) is 0 Å². The molecule has 18 heavy (non-hydrogen) atoms. The largest absolute Gasteiger partial charge is 0.352 e. The highest BCUT2D eigenvalue weighted by Crippen LogP contribution is 2.46. The summed E-state index contributed by atoms with van der Waals surface area (Å²) >= 11 is 0. The van der Waals surface area contributed by atoms with Crippen molar-refractivity contribution >= 4 is 18.3 Å². The van der Waals surface area contributed by atoms with Crippen LogP contribution in [-0.2, 0) is 4.79 Å². The molecule has 106 valence electrons. The average molecular weight is 275 g/mol. The van der Waals surface area contributed by atoms with E-state index < -0.39 is 0 Å². The van der Waals surface area contributed by atoms with E-state index >= 15 is 0 Å². The van der Waals surface area contributed by atoms with Crippen molar-refractivity contribution in [3.05, 3.63) is 0 Å². The molecule has 0 aromatic rings. The standard InChI is InChI=1S/C14H26N2O.ClH/c1-11(2)9-14(6-4-7-14)13(17)16-12-5-3-8-15-10-12;/h11-12,15H,3-10H2,1-2H3,(H,16,17);1H. The quantitative estimate of drug-likeness (QED) is 0.827. The normalized spacial score (nSPS) is 26.1. The first-order valence-electron chi connectivity index (χ1n) is 7.14. The Balaban J connectivity index is 0.00000162. The van der Waals surface area contributed by atoms with Gasteiger partial charge in [-0.3, -0.25) is 4.79 Å². The summed E-state index contributed by atoms with van der Waals surface area (Å²) in [5.74, 6) is 0.941. The highest BCUT2D eigenvalue weighted by atomic mass is 35.5. The Hall–Kier alpha value is -0.280. The Morgan fingerprint density at radius 2 is 2.11 bits per heavy atom. The van der Waals surface area contributed by atoms with Crippen molar-refractivity contribution < 1.29 is 4.79 Å². The van der Waals surface area contributed by atoms with Crippen LogP contribution < -0.4 is 10.6 Å². The summed E-state index contributed by atoms with van der Waals surface area (Å²) in [5, 5.41) is 6.62. The fourth-order valence-corrected chi connectivity index (χ4v) is 3.22. The van der Waals surface area contributed by atoms with Gasteiger partial charge in [0.15, 0.2) is 0 Å². The molecule has 2 fully saturated rings. The molecule has 3 nitrogen and oxygen atoms in total. The van der Waals surface area contributed by atoms with Crippen LogP contribution >= 0.6 is 12.4 Å². The molecule has 1 aliphatic heterocycles. The second kappa shape index (κ2) is 6.76. The SMILES string of the molecule is CC(C)CC1(C(=O)NC2CCCNC2)CCC1.Cl. The van der Waals surface area contributed by atoms with Crippen LogP contribution in [0.3, 0.4) is 0 Å². The van der Waals surface area contributed by atoms with E-state index in [1.165, 1.54) is 12.8 Å². The van der Waals surface area contributed by atoms with Crippen LogP contribution in [-0.4, -0.2) is 25.0 Å². The van der Waals surface area contributed by atoms with Gasteiger partial charge in [-0.05, 0) is 44.6 Å². The minimum atomic E-state index is -0.0222. The summed E-state index contributed by atoms with van der Waals surface area (Å²) in [7, 11) is 0. The summed E-state index contributed by atoms with van der Waals surface area (Å²) in [5.41, 5.74) is -0.0222. The molecule has 1 atom stereocenters. The van der Waals surface area contributed by atoms with E-state index in [-0.39, 0.29) is 17.8 Å². The summed E-state index contributed by atoms with van der Waals surface area (Å²) in [6.45, 7) is 6.48. The maximum absolute atomic E-state index is 12.4. The maximum atomic E-state index is 12.4. The van der Waals surface area contributed by atoms with Gasteiger partial charge in [-0.2, -0.15) is 0 Å². The molecule has 1 amide bonds. The lowest BCUT2D eigenvalue weighted by Crippen LogP contribution is -2.53. The number of carbonyl (C=O) groups excluding carboxylic acids is 1. The first-order chi connectivity index (χ1) is 8.12. The van der Waals surface area contributed by atoms with E-state index in [2.05, 4.69) is 24.5 Å². The van der Waals surface area contributed by atoms with E-state index in [0.29, 0.717) is 17.9 Å². The molecular weight excluding hydrogens is 248 g/mol. The number of rotatable bonds is 4. The predicted octanol–water partition coefficient (Wildman–Crippen LogP) is 2.49. The summed E-state index contributed by atoms with van der Waals surface area (Å²) in [4.78, 5) is 12.4. The van der Waals surface area contributed by atoms with Crippen LogP contribution in [0.1, 0.15) is 52.4 Å². The fourth-order valence-electron chi connectivity index (χ4n) is 3.22. The number of nitrogens with one attached hydrogen (secondary N) is 2. The third kappa shape index (κ3) is 3.61. The van der Waals surface area contributed by atoms with Crippen molar-refractivity contribution in [3.63, 3.8) is 0 Å². The van der Waals surface area contributed by atoms with Crippen LogP contribution in [0.5, 0.6) is 0 Å². The molecule has 2 N–H and O–H groups in total. The number of halogens is 1. The second-order valence-electron chi connectivity index (χ2n) is 6.25. The summed E-state index contributed by atoms with van der Waals surface area (Å²) in [6, 6.07) is 0.362. The minimum Gasteiger partial charge on any atom is -0.352 e. The molecule has 1 saturated heterocycles. The Morgan fingerprint density at radius 3 is 2.56 bits per heavy atom. The Labute approximate surface area is 117 Å². The van der Waals surface area contributed by atoms with E-state index in [1.807, 2.05) is 0 Å². The van der Waals surface area contributed by atoms with Gasteiger partial charge in [0, 0.05) is 18.0 Å². The molecule has 1 heterocycles. The van der Waals surface area contributed by atoms with E-state index in [0.717, 1.165) is 38.8 Å². The Bertz CT molecular complexity index is 271. The molecule has 0 bridgehead atoms. The molecule has 1 aliphatic carbocycles. The number of amides is 1. The first-order valence-corrected chi connectivity index (χ1v) is 7.14. The van der Waals surface area contributed by atoms with E-state index in [1.54, 1.807) is 0 Å². The molecule has 1 unspecified atom stereocenters. The van der Waals surface area contributed by atoms with Gasteiger partial charge in [0.1, 0.15) is 0 Å². The molecule has 0 radical (unpaired) electrons. The third-order valence-corrected chi connectivity index (χ3v) is 4.22. The minimum absolute atomic E-state index is 0. The second-order valence-corrected chi connectivity index (χ2v) is 6.25. The number of hydrogen-bond donors (Lipinski definition) is 2. The number of piperidine rings is 1. The summed E-state index contributed by atoms with van der Waals surface area (Å²) < 4.78 is 0. The van der Waals surface area contributed by atoms with Crippen LogP contribution in [0, 0.1) is 11.3 Å². The highest BCUT2D eigenvalue weighted by Gasteiger charge is 2.44. The monoisotopic (exact) mass is 274 g/mol. The van der Waals surface area contributed by atoms with E-state index in [4.69, 9.17) is 0 Å². The van der Waals surface area contributed by atoms with Crippen molar-refractivity contribution in [2.45, 2.75) is 58.4 Å². The van der Waals surface area contributed by atoms with Crippen LogP contribution in [0.4, 0.5) is 0 Å². The highest BCUT2D eigenvalue weighted by molar-refractivity contribution is 5.85. The molecular formula is C14H27ClN2O. The van der Waals surface area contributed by atoms with E-state index in [9.17, 15) is 4.79 Å². The number of carbonyl (C=O) groups is 1. The molecule has 0 spiro atoms. The van der Waals surface area contributed by atoms with Crippen LogP contribution in [0.2, 0.25) is 0 Å². The van der Waals surface area contributed by atoms with Crippen molar-refractivity contribution in [2.75, 3.05) is 13.1 Å². The van der Waals surface area contributed by atoms with Crippen molar-refractivity contribution in [2.24, 2.45) is 11.3 Å². The smallest absolute Gasteiger partial charge is 0.226 e. The first kappa shape index (κ1) is 15.8. The Morgan fingerprint density at radius 1 is 1.39 bits per heavy atom. The molecule has 1 saturated carbocycles. The Kier molecular flexibility index (Phi) is 5.93. The lowest BCUT2D eigenvalue weighted by atomic mass is 9.64. The van der Waals surface area contributed by atoms with Gasteiger partial charge >= 0.3 is 0 Å². The van der Waals surface area contributed by atoms with Crippen LogP contribution in [0.25, 0.3) is 0 Å².